The van der Waals surface area contributed by atoms with Crippen LogP contribution in [-0.4, -0.2) is 28.3 Å². The number of aromatic nitrogens is 3. The first-order chi connectivity index (χ1) is 16.2. The third kappa shape index (κ3) is 4.37. The molecule has 0 saturated heterocycles. The summed E-state index contributed by atoms with van der Waals surface area (Å²) in [5.74, 6) is 0.981. The molecule has 0 aliphatic heterocycles. The Balaban J connectivity index is 1.55. The zero-order valence-electron chi connectivity index (χ0n) is 17.6. The molecule has 7 nitrogen and oxygen atoms in total. The quantitative estimate of drug-likeness (QED) is 0.273. The van der Waals surface area contributed by atoms with E-state index in [1.807, 2.05) is 78.2 Å². The largest absolute Gasteiger partial charge is 0.497 e. The number of methoxy groups -OCH3 is 1. The van der Waals surface area contributed by atoms with Crippen molar-refractivity contribution in [2.75, 3.05) is 12.5 Å². The highest BCUT2D eigenvalue weighted by atomic mass is 32.1. The molecule has 2 aromatic carbocycles. The lowest BCUT2D eigenvalue weighted by atomic mass is 10.0. The minimum Gasteiger partial charge on any atom is -0.497 e. The number of hydrazone groups is 1. The summed E-state index contributed by atoms with van der Waals surface area (Å²) in [6, 6.07) is 23.1. The molecule has 0 fully saturated rings. The van der Waals surface area contributed by atoms with Crippen LogP contribution < -0.4 is 15.7 Å². The minimum absolute atomic E-state index is 0.215. The highest BCUT2D eigenvalue weighted by Crippen LogP contribution is 2.31. The molecule has 8 heteroatoms. The van der Waals surface area contributed by atoms with Crippen molar-refractivity contribution in [2.45, 2.75) is 0 Å². The van der Waals surface area contributed by atoms with E-state index in [9.17, 15) is 4.79 Å². The number of pyridine rings is 1. The fraction of sp³-hybridized carbons (Fsp3) is 0.0400. The molecule has 0 aliphatic rings. The molecule has 5 aromatic rings. The van der Waals surface area contributed by atoms with Gasteiger partial charge in [0.15, 0.2) is 5.65 Å². The first kappa shape index (κ1) is 20.6. The van der Waals surface area contributed by atoms with E-state index in [0.29, 0.717) is 11.0 Å². The Bertz CT molecular complexity index is 1480. The summed E-state index contributed by atoms with van der Waals surface area (Å²) in [4.78, 5) is 26.1. The standard InChI is InChI=1S/C25H19N5O2S/c1-32-18-11-9-16(10-12-18)15-26-30-25-28-23-22(24(31)29-25)19(17-6-3-2-4-7-17)14-20(27-23)21-8-5-13-33-21/h2-15H,1H3,(H2,27,28,29,30,31)/b26-15+. The molecule has 0 aliphatic carbocycles. The predicted molar refractivity (Wildman–Crippen MR) is 133 cm³/mol. The number of fused-ring (bicyclic) bond motifs is 1. The van der Waals surface area contributed by atoms with Crippen molar-refractivity contribution in [1.82, 2.24) is 15.0 Å². The lowest BCUT2D eigenvalue weighted by molar-refractivity contribution is 0.415. The van der Waals surface area contributed by atoms with E-state index >= 15 is 0 Å². The average Bonchev–Trinajstić information content (AvgIpc) is 3.39. The van der Waals surface area contributed by atoms with Gasteiger partial charge >= 0.3 is 0 Å². The molecule has 5 rings (SSSR count). The smallest absolute Gasteiger partial charge is 0.262 e. The van der Waals surface area contributed by atoms with Crippen LogP contribution in [0.3, 0.4) is 0 Å². The molecule has 3 aromatic heterocycles. The Hall–Kier alpha value is -4.30. The second-order valence-electron chi connectivity index (χ2n) is 7.15. The molecule has 0 spiro atoms. The number of benzene rings is 2. The van der Waals surface area contributed by atoms with Gasteiger partial charge in [-0.2, -0.15) is 10.1 Å². The van der Waals surface area contributed by atoms with Gasteiger partial charge < -0.3 is 4.74 Å². The van der Waals surface area contributed by atoms with E-state index in [1.54, 1.807) is 24.7 Å². The fourth-order valence-corrected chi connectivity index (χ4v) is 4.13. The number of anilines is 1. The molecular weight excluding hydrogens is 434 g/mol. The molecule has 2 N–H and O–H groups in total. The maximum absolute atomic E-state index is 13.1. The van der Waals surface area contributed by atoms with Crippen molar-refractivity contribution in [1.29, 1.82) is 0 Å². The van der Waals surface area contributed by atoms with Gasteiger partial charge in [0.05, 0.1) is 29.3 Å². The molecule has 0 saturated carbocycles. The molecule has 0 bridgehead atoms. The Morgan fingerprint density at radius 2 is 1.85 bits per heavy atom. The summed E-state index contributed by atoms with van der Waals surface area (Å²) in [7, 11) is 1.62. The van der Waals surface area contributed by atoms with Crippen LogP contribution in [0.15, 0.2) is 88.1 Å². The molecule has 3 heterocycles. The van der Waals surface area contributed by atoms with Crippen LogP contribution in [0.5, 0.6) is 5.75 Å². The van der Waals surface area contributed by atoms with Crippen molar-refractivity contribution < 1.29 is 4.74 Å². The second-order valence-corrected chi connectivity index (χ2v) is 8.10. The number of ether oxygens (including phenoxy) is 1. The van der Waals surface area contributed by atoms with Crippen LogP contribution in [0.25, 0.3) is 32.7 Å². The average molecular weight is 454 g/mol. The van der Waals surface area contributed by atoms with Gasteiger partial charge in [-0.3, -0.25) is 9.78 Å². The van der Waals surface area contributed by atoms with Crippen molar-refractivity contribution in [3.63, 3.8) is 0 Å². The van der Waals surface area contributed by atoms with Crippen molar-refractivity contribution >= 4 is 34.5 Å². The molecule has 0 atom stereocenters. The van der Waals surface area contributed by atoms with Crippen LogP contribution in [0, 0.1) is 0 Å². The first-order valence-electron chi connectivity index (χ1n) is 10.2. The number of nitrogens with zero attached hydrogens (tertiary/aromatic N) is 3. The van der Waals surface area contributed by atoms with Crippen LogP contribution in [0.4, 0.5) is 5.95 Å². The van der Waals surface area contributed by atoms with E-state index in [2.05, 4.69) is 25.5 Å². The minimum atomic E-state index is -0.286. The fourth-order valence-electron chi connectivity index (χ4n) is 3.45. The van der Waals surface area contributed by atoms with Gasteiger partial charge in [0, 0.05) is 5.56 Å². The lowest BCUT2D eigenvalue weighted by Gasteiger charge is -2.09. The van der Waals surface area contributed by atoms with Gasteiger partial charge in [-0.15, -0.1) is 11.3 Å². The van der Waals surface area contributed by atoms with Crippen LogP contribution in [0.2, 0.25) is 0 Å². The maximum Gasteiger partial charge on any atom is 0.262 e. The Morgan fingerprint density at radius 1 is 1.03 bits per heavy atom. The topological polar surface area (TPSA) is 92.3 Å². The summed E-state index contributed by atoms with van der Waals surface area (Å²) in [5.41, 5.74) is 6.21. The van der Waals surface area contributed by atoms with Crippen molar-refractivity contribution in [3.05, 3.63) is 94.1 Å². The van der Waals surface area contributed by atoms with Gasteiger partial charge in [-0.05, 0) is 52.9 Å². The zero-order chi connectivity index (χ0) is 22.6. The van der Waals surface area contributed by atoms with Gasteiger partial charge in [-0.1, -0.05) is 36.4 Å². The SMILES string of the molecule is COc1ccc(/C=N/Nc2nc3nc(-c4cccs4)cc(-c4ccccc4)c3c(=O)[nH]2)cc1. The van der Waals surface area contributed by atoms with Gasteiger partial charge in [0.25, 0.3) is 5.56 Å². The molecule has 162 valence electrons. The summed E-state index contributed by atoms with van der Waals surface area (Å²) in [5, 5.41) is 6.63. The molecule has 0 radical (unpaired) electrons. The Morgan fingerprint density at radius 3 is 2.58 bits per heavy atom. The van der Waals surface area contributed by atoms with E-state index in [-0.39, 0.29) is 11.5 Å². The molecule has 0 amide bonds. The lowest BCUT2D eigenvalue weighted by Crippen LogP contribution is -2.13. The van der Waals surface area contributed by atoms with Gasteiger partial charge in [0.2, 0.25) is 5.95 Å². The summed E-state index contributed by atoms with van der Waals surface area (Å²) in [6.45, 7) is 0. The van der Waals surface area contributed by atoms with Crippen LogP contribution >= 0.6 is 11.3 Å². The number of H-pyrrole nitrogens is 1. The van der Waals surface area contributed by atoms with Crippen molar-refractivity contribution in [2.24, 2.45) is 5.10 Å². The third-order valence-corrected chi connectivity index (χ3v) is 5.93. The van der Waals surface area contributed by atoms with E-state index in [0.717, 1.165) is 33.0 Å². The molecule has 33 heavy (non-hydrogen) atoms. The number of thiophene rings is 1. The third-order valence-electron chi connectivity index (χ3n) is 5.04. The highest BCUT2D eigenvalue weighted by molar-refractivity contribution is 7.13. The summed E-state index contributed by atoms with van der Waals surface area (Å²) >= 11 is 1.59. The molecule has 0 unspecified atom stereocenters. The summed E-state index contributed by atoms with van der Waals surface area (Å²) < 4.78 is 5.16. The van der Waals surface area contributed by atoms with E-state index in [4.69, 9.17) is 4.74 Å². The maximum atomic E-state index is 13.1. The number of aromatic amines is 1. The number of nitrogens with one attached hydrogen (secondary N) is 2. The normalized spacial score (nSPS) is 11.2. The Kier molecular flexibility index (Phi) is 5.65. The van der Waals surface area contributed by atoms with Crippen molar-refractivity contribution in [3.8, 4) is 27.4 Å². The predicted octanol–water partition coefficient (Wildman–Crippen LogP) is 5.17. The number of hydrogen-bond donors (Lipinski definition) is 2. The highest BCUT2D eigenvalue weighted by Gasteiger charge is 2.15. The van der Waals surface area contributed by atoms with E-state index < -0.39 is 0 Å². The number of hydrogen-bond acceptors (Lipinski definition) is 7. The monoisotopic (exact) mass is 453 g/mol. The second kappa shape index (κ2) is 9.05. The zero-order valence-corrected chi connectivity index (χ0v) is 18.5. The molecular formula is C25H19N5O2S. The van der Waals surface area contributed by atoms with E-state index in [1.165, 1.54) is 0 Å². The van der Waals surface area contributed by atoms with Crippen LogP contribution in [0.1, 0.15) is 5.56 Å². The number of rotatable bonds is 6. The van der Waals surface area contributed by atoms with Crippen LogP contribution in [-0.2, 0) is 0 Å². The summed E-state index contributed by atoms with van der Waals surface area (Å²) in [6.07, 6.45) is 1.63. The first-order valence-corrected chi connectivity index (χ1v) is 11.1. The van der Waals surface area contributed by atoms with Gasteiger partial charge in [-0.25, -0.2) is 10.4 Å². The Labute approximate surface area is 193 Å². The van der Waals surface area contributed by atoms with Gasteiger partial charge in [0.1, 0.15) is 5.75 Å².